The van der Waals surface area contributed by atoms with Crippen LogP contribution >= 0.6 is 11.3 Å². The van der Waals surface area contributed by atoms with Gasteiger partial charge in [-0.15, -0.1) is 11.3 Å². The molecule has 0 amide bonds. The Kier molecular flexibility index (Phi) is 3.30. The van der Waals surface area contributed by atoms with Crippen LogP contribution in [-0.2, 0) is 0 Å². The summed E-state index contributed by atoms with van der Waals surface area (Å²) in [5, 5.41) is 0. The molecule has 2 nitrogen and oxygen atoms in total. The van der Waals surface area contributed by atoms with Crippen molar-refractivity contribution in [1.82, 2.24) is 9.97 Å². The van der Waals surface area contributed by atoms with Gasteiger partial charge >= 0.3 is 0 Å². The van der Waals surface area contributed by atoms with Crippen LogP contribution in [0.25, 0.3) is 11.3 Å². The van der Waals surface area contributed by atoms with Crippen LogP contribution in [0.2, 0.25) is 0 Å². The molecule has 0 radical (unpaired) electrons. The Morgan fingerprint density at radius 3 is 3.00 bits per heavy atom. The number of nitrogens with zero attached hydrogens (tertiary/aromatic N) is 2. The zero-order valence-electron chi connectivity index (χ0n) is 11.1. The summed E-state index contributed by atoms with van der Waals surface area (Å²) < 4.78 is 0. The molecule has 0 aliphatic heterocycles. The van der Waals surface area contributed by atoms with Crippen LogP contribution in [0.5, 0.6) is 0 Å². The van der Waals surface area contributed by atoms with Gasteiger partial charge in [0.15, 0.2) is 0 Å². The molecule has 0 fully saturated rings. The van der Waals surface area contributed by atoms with E-state index in [9.17, 15) is 0 Å². The van der Waals surface area contributed by atoms with Gasteiger partial charge in [0.2, 0.25) is 0 Å². The summed E-state index contributed by atoms with van der Waals surface area (Å²) in [7, 11) is 0. The highest BCUT2D eigenvalue weighted by Crippen LogP contribution is 2.40. The third-order valence-corrected chi connectivity index (χ3v) is 4.67. The first-order valence-corrected chi connectivity index (χ1v) is 7.33. The van der Waals surface area contributed by atoms with Crippen molar-refractivity contribution >= 4 is 11.3 Å². The molecule has 0 aromatic carbocycles. The monoisotopic (exact) mass is 268 g/mol. The molecule has 96 valence electrons. The average Bonchev–Trinajstić information content (AvgIpc) is 2.92. The first kappa shape index (κ1) is 12.3. The minimum Gasteiger partial charge on any atom is -0.264 e. The number of allylic oxidation sites excluding steroid dienone is 4. The Balaban J connectivity index is 2.05. The SMILES string of the molecule is CC1=C(C)C(c2scnc2-c2cccnc2)CC=C1. The zero-order chi connectivity index (χ0) is 13.2. The normalized spacial score (nSPS) is 18.9. The molecule has 1 aliphatic rings. The van der Waals surface area contributed by atoms with Gasteiger partial charge in [-0.25, -0.2) is 4.98 Å². The second-order valence-corrected chi connectivity index (χ2v) is 5.75. The molecule has 2 aromatic rings. The lowest BCUT2D eigenvalue weighted by atomic mass is 9.86. The summed E-state index contributed by atoms with van der Waals surface area (Å²) in [6, 6.07) is 4.04. The summed E-state index contributed by atoms with van der Waals surface area (Å²) in [5.74, 6) is 0.465. The van der Waals surface area contributed by atoms with Crippen LogP contribution in [0, 0.1) is 0 Å². The highest BCUT2D eigenvalue weighted by molar-refractivity contribution is 7.10. The van der Waals surface area contributed by atoms with Crippen molar-refractivity contribution in [2.45, 2.75) is 26.2 Å². The molecule has 2 aromatic heterocycles. The van der Waals surface area contributed by atoms with Gasteiger partial charge in [-0.1, -0.05) is 23.3 Å². The Morgan fingerprint density at radius 2 is 2.21 bits per heavy atom. The van der Waals surface area contributed by atoms with Gasteiger partial charge in [0, 0.05) is 28.8 Å². The minimum absolute atomic E-state index is 0.465. The first-order valence-electron chi connectivity index (χ1n) is 6.45. The second-order valence-electron chi connectivity index (χ2n) is 4.86. The number of rotatable bonds is 2. The van der Waals surface area contributed by atoms with Gasteiger partial charge < -0.3 is 0 Å². The number of pyridine rings is 1. The number of aromatic nitrogens is 2. The Bertz CT molecular complexity index is 638. The van der Waals surface area contributed by atoms with E-state index in [0.29, 0.717) is 5.92 Å². The molecule has 1 aliphatic carbocycles. The number of hydrogen-bond donors (Lipinski definition) is 0. The van der Waals surface area contributed by atoms with E-state index in [1.165, 1.54) is 16.0 Å². The summed E-state index contributed by atoms with van der Waals surface area (Å²) in [5.41, 5.74) is 6.97. The van der Waals surface area contributed by atoms with Crippen LogP contribution in [0.15, 0.2) is 53.3 Å². The standard InChI is InChI=1S/C16H16N2S/c1-11-5-3-7-14(12(11)2)16-15(18-10-19-16)13-6-4-8-17-9-13/h3-6,8-10,14H,7H2,1-2H3. The highest BCUT2D eigenvalue weighted by Gasteiger charge is 2.22. The van der Waals surface area contributed by atoms with E-state index in [1.807, 2.05) is 17.8 Å². The molecular weight excluding hydrogens is 252 g/mol. The fourth-order valence-electron chi connectivity index (χ4n) is 2.49. The lowest BCUT2D eigenvalue weighted by Gasteiger charge is -2.21. The highest BCUT2D eigenvalue weighted by atomic mass is 32.1. The quantitative estimate of drug-likeness (QED) is 0.796. The fraction of sp³-hybridized carbons (Fsp3) is 0.250. The molecule has 0 saturated heterocycles. The van der Waals surface area contributed by atoms with E-state index in [-0.39, 0.29) is 0 Å². The van der Waals surface area contributed by atoms with E-state index >= 15 is 0 Å². The molecule has 0 N–H and O–H groups in total. The van der Waals surface area contributed by atoms with Gasteiger partial charge in [-0.2, -0.15) is 0 Å². The largest absolute Gasteiger partial charge is 0.264 e. The van der Waals surface area contributed by atoms with Gasteiger partial charge in [-0.3, -0.25) is 4.98 Å². The smallest absolute Gasteiger partial charge is 0.0864 e. The summed E-state index contributed by atoms with van der Waals surface area (Å²) in [6.45, 7) is 4.42. The molecule has 2 heterocycles. The molecule has 0 spiro atoms. The summed E-state index contributed by atoms with van der Waals surface area (Å²) in [4.78, 5) is 10.1. The van der Waals surface area contributed by atoms with E-state index < -0.39 is 0 Å². The minimum atomic E-state index is 0.465. The molecule has 1 atom stereocenters. The maximum Gasteiger partial charge on any atom is 0.0864 e. The van der Waals surface area contributed by atoms with Gasteiger partial charge in [0.1, 0.15) is 0 Å². The van der Waals surface area contributed by atoms with Gasteiger partial charge in [0.05, 0.1) is 11.2 Å². The first-order chi connectivity index (χ1) is 9.27. The topological polar surface area (TPSA) is 25.8 Å². The third-order valence-electron chi connectivity index (χ3n) is 3.73. The molecule has 3 heteroatoms. The van der Waals surface area contributed by atoms with E-state index in [2.05, 4.69) is 42.0 Å². The van der Waals surface area contributed by atoms with Gasteiger partial charge in [-0.05, 0) is 32.4 Å². The zero-order valence-corrected chi connectivity index (χ0v) is 11.9. The average molecular weight is 268 g/mol. The van der Waals surface area contributed by atoms with Crippen molar-refractivity contribution < 1.29 is 0 Å². The van der Waals surface area contributed by atoms with Crippen LogP contribution < -0.4 is 0 Å². The van der Waals surface area contributed by atoms with Crippen molar-refractivity contribution in [3.63, 3.8) is 0 Å². The maximum absolute atomic E-state index is 4.55. The van der Waals surface area contributed by atoms with Crippen LogP contribution in [0.4, 0.5) is 0 Å². The van der Waals surface area contributed by atoms with Crippen LogP contribution in [0.3, 0.4) is 0 Å². The summed E-state index contributed by atoms with van der Waals surface area (Å²) in [6.07, 6.45) is 9.24. The second kappa shape index (κ2) is 5.10. The lowest BCUT2D eigenvalue weighted by molar-refractivity contribution is 0.800. The van der Waals surface area contributed by atoms with Crippen molar-refractivity contribution in [1.29, 1.82) is 0 Å². The predicted octanol–water partition coefficient (Wildman–Crippen LogP) is 4.59. The molecular formula is C16H16N2S. The van der Waals surface area contributed by atoms with Crippen molar-refractivity contribution in [2.75, 3.05) is 0 Å². The molecule has 1 unspecified atom stereocenters. The molecule has 0 bridgehead atoms. The van der Waals surface area contributed by atoms with Crippen molar-refractivity contribution in [3.05, 3.63) is 58.2 Å². The van der Waals surface area contributed by atoms with E-state index in [4.69, 9.17) is 0 Å². The third kappa shape index (κ3) is 2.26. The van der Waals surface area contributed by atoms with Crippen molar-refractivity contribution in [2.24, 2.45) is 0 Å². The Labute approximate surface area is 117 Å². The van der Waals surface area contributed by atoms with Crippen LogP contribution in [-0.4, -0.2) is 9.97 Å². The van der Waals surface area contributed by atoms with E-state index in [0.717, 1.165) is 17.7 Å². The molecule has 3 rings (SSSR count). The van der Waals surface area contributed by atoms with Crippen LogP contribution in [0.1, 0.15) is 31.1 Å². The predicted molar refractivity (Wildman–Crippen MR) is 80.2 cm³/mol. The lowest BCUT2D eigenvalue weighted by Crippen LogP contribution is -2.04. The number of hydrogen-bond acceptors (Lipinski definition) is 3. The number of thiazole rings is 1. The van der Waals surface area contributed by atoms with Crippen molar-refractivity contribution in [3.8, 4) is 11.3 Å². The molecule has 0 saturated carbocycles. The van der Waals surface area contributed by atoms with Gasteiger partial charge in [0.25, 0.3) is 0 Å². The molecule has 19 heavy (non-hydrogen) atoms. The summed E-state index contributed by atoms with van der Waals surface area (Å²) >= 11 is 1.75. The maximum atomic E-state index is 4.55. The fourth-order valence-corrected chi connectivity index (χ4v) is 3.48. The Hall–Kier alpha value is -1.74. The van der Waals surface area contributed by atoms with E-state index in [1.54, 1.807) is 17.5 Å². The Morgan fingerprint density at radius 1 is 1.32 bits per heavy atom.